The molecule has 0 saturated carbocycles. The van der Waals surface area contributed by atoms with Gasteiger partial charge in [-0.1, -0.05) is 23.4 Å². The molecule has 1 spiro atoms. The molecule has 10 heteroatoms. The average molecular weight is 443 g/mol. The lowest BCUT2D eigenvalue weighted by Crippen LogP contribution is -2.45. The van der Waals surface area contributed by atoms with Crippen LogP contribution in [0.2, 0.25) is 5.02 Å². The van der Waals surface area contributed by atoms with Crippen molar-refractivity contribution in [3.8, 4) is 0 Å². The summed E-state index contributed by atoms with van der Waals surface area (Å²) in [4.78, 5) is 16.6. The Bertz CT molecular complexity index is 1090. The van der Waals surface area contributed by atoms with Crippen LogP contribution >= 0.6 is 23.4 Å². The number of fused-ring (bicyclic) bond motifs is 1. The molecule has 0 aliphatic carbocycles. The predicted octanol–water partition coefficient (Wildman–Crippen LogP) is 3.06. The molecule has 0 radical (unpaired) electrons. The van der Waals surface area contributed by atoms with E-state index in [4.69, 9.17) is 33.0 Å². The summed E-state index contributed by atoms with van der Waals surface area (Å²) in [6, 6.07) is 3.92. The van der Waals surface area contributed by atoms with E-state index in [1.54, 1.807) is 12.4 Å². The molecular weight excluding hydrogens is 420 g/mol. The van der Waals surface area contributed by atoms with Crippen LogP contribution in [0.5, 0.6) is 0 Å². The smallest absolute Gasteiger partial charge is 0.150 e. The first kappa shape index (κ1) is 19.6. The third-order valence-corrected chi connectivity index (χ3v) is 7.72. The van der Waals surface area contributed by atoms with Gasteiger partial charge in [0.15, 0.2) is 0 Å². The van der Waals surface area contributed by atoms with E-state index in [0.717, 1.165) is 59.6 Å². The van der Waals surface area contributed by atoms with E-state index in [-0.39, 0.29) is 11.5 Å². The summed E-state index contributed by atoms with van der Waals surface area (Å²) in [5.41, 5.74) is 14.5. The fraction of sp³-hybridized carbons (Fsp3) is 0.400. The van der Waals surface area contributed by atoms with Gasteiger partial charge in [-0.3, -0.25) is 4.68 Å². The van der Waals surface area contributed by atoms with Crippen LogP contribution in [-0.4, -0.2) is 37.8 Å². The van der Waals surface area contributed by atoms with Gasteiger partial charge in [0.2, 0.25) is 0 Å². The van der Waals surface area contributed by atoms with Gasteiger partial charge in [0.05, 0.1) is 28.6 Å². The Labute approximate surface area is 184 Å². The lowest BCUT2D eigenvalue weighted by Gasteiger charge is -2.42. The Morgan fingerprint density at radius 3 is 2.73 bits per heavy atom. The largest absolute Gasteiger partial charge is 0.382 e. The molecule has 0 bridgehead atoms. The number of nitrogen functional groups attached to an aromatic ring is 1. The molecule has 1 fully saturated rings. The monoisotopic (exact) mass is 442 g/mol. The maximum absolute atomic E-state index is 6.60. The van der Waals surface area contributed by atoms with E-state index in [9.17, 15) is 0 Å². The van der Waals surface area contributed by atoms with Crippen LogP contribution in [0.15, 0.2) is 40.6 Å². The zero-order valence-corrected chi connectivity index (χ0v) is 18.2. The molecule has 2 aliphatic heterocycles. The van der Waals surface area contributed by atoms with E-state index >= 15 is 0 Å². The van der Waals surface area contributed by atoms with Crippen LogP contribution in [0.1, 0.15) is 30.3 Å². The minimum absolute atomic E-state index is 0.0469. The van der Waals surface area contributed by atoms with Gasteiger partial charge in [0, 0.05) is 42.3 Å². The van der Waals surface area contributed by atoms with Gasteiger partial charge >= 0.3 is 0 Å². The molecule has 8 nitrogen and oxygen atoms in total. The SMILES string of the molecule is Cc1nc(Sc2ccnc(N)c2Cl)cnc1N1CCC2(CC1)Cn1nccc1[C@H]2N. The lowest BCUT2D eigenvalue weighted by molar-refractivity contribution is 0.170. The number of piperidine rings is 1. The van der Waals surface area contributed by atoms with Crippen molar-refractivity contribution in [1.29, 1.82) is 0 Å². The molecule has 5 heterocycles. The van der Waals surface area contributed by atoms with Crippen molar-refractivity contribution >= 4 is 35.0 Å². The number of nitrogens with zero attached hydrogens (tertiary/aromatic N) is 6. The molecule has 1 atom stereocenters. The molecule has 0 amide bonds. The van der Waals surface area contributed by atoms with Gasteiger partial charge in [0.25, 0.3) is 0 Å². The molecule has 2 aliphatic rings. The Morgan fingerprint density at radius 1 is 1.20 bits per heavy atom. The van der Waals surface area contributed by atoms with Crippen molar-refractivity contribution in [3.63, 3.8) is 0 Å². The summed E-state index contributed by atoms with van der Waals surface area (Å²) in [6.07, 6.45) is 7.30. The zero-order valence-electron chi connectivity index (χ0n) is 16.6. The molecule has 0 aromatic carbocycles. The summed E-state index contributed by atoms with van der Waals surface area (Å²) >= 11 is 7.69. The maximum Gasteiger partial charge on any atom is 0.150 e. The second-order valence-electron chi connectivity index (χ2n) is 7.97. The normalized spacial score (nSPS) is 20.0. The topological polar surface area (TPSA) is 112 Å². The highest BCUT2D eigenvalue weighted by atomic mass is 35.5. The number of hydrogen-bond acceptors (Lipinski definition) is 8. The summed E-state index contributed by atoms with van der Waals surface area (Å²) in [5, 5.41) is 5.64. The molecule has 0 unspecified atom stereocenters. The third kappa shape index (κ3) is 3.21. The Morgan fingerprint density at radius 2 is 2.00 bits per heavy atom. The lowest BCUT2D eigenvalue weighted by atomic mass is 9.73. The molecular formula is C20H23ClN8S. The van der Waals surface area contributed by atoms with Crippen molar-refractivity contribution in [2.45, 2.75) is 42.3 Å². The average Bonchev–Trinajstić information content (AvgIpc) is 3.28. The second kappa shape index (κ2) is 7.40. The molecule has 3 aromatic heterocycles. The minimum atomic E-state index is 0.0469. The summed E-state index contributed by atoms with van der Waals surface area (Å²) in [5.74, 6) is 1.25. The van der Waals surface area contributed by atoms with E-state index < -0.39 is 0 Å². The first-order valence-electron chi connectivity index (χ1n) is 9.90. The number of pyridine rings is 1. The zero-order chi connectivity index (χ0) is 20.9. The Hall–Kier alpha value is -2.36. The van der Waals surface area contributed by atoms with Gasteiger partial charge in [-0.25, -0.2) is 15.0 Å². The van der Waals surface area contributed by atoms with Crippen molar-refractivity contribution in [3.05, 3.63) is 47.1 Å². The van der Waals surface area contributed by atoms with Crippen LogP contribution in [0.4, 0.5) is 11.6 Å². The molecule has 30 heavy (non-hydrogen) atoms. The van der Waals surface area contributed by atoms with Crippen LogP contribution in [0.3, 0.4) is 0 Å². The standard InChI is InChI=1S/C20H23ClN8S/c1-12-19(25-10-15(27-12)30-14-3-6-24-18(23)16(14)21)28-8-4-20(5-9-28)11-29-13(17(20)22)2-7-26-29/h2-3,6-7,10,17H,4-5,8-9,11,22H2,1H3,(H2,23,24)/t17-/m1/s1. The first-order chi connectivity index (χ1) is 14.5. The third-order valence-electron chi connectivity index (χ3n) is 6.25. The van der Waals surface area contributed by atoms with E-state index in [2.05, 4.69) is 19.7 Å². The van der Waals surface area contributed by atoms with E-state index in [1.165, 1.54) is 11.8 Å². The Balaban J connectivity index is 1.29. The predicted molar refractivity (Wildman–Crippen MR) is 118 cm³/mol. The second-order valence-corrected chi connectivity index (χ2v) is 9.41. The van der Waals surface area contributed by atoms with E-state index in [1.807, 2.05) is 25.3 Å². The van der Waals surface area contributed by atoms with Gasteiger partial charge in [0.1, 0.15) is 16.7 Å². The summed E-state index contributed by atoms with van der Waals surface area (Å²) in [6.45, 7) is 4.72. The molecule has 3 aromatic rings. The highest BCUT2D eigenvalue weighted by molar-refractivity contribution is 7.99. The fourth-order valence-corrected chi connectivity index (χ4v) is 5.59. The molecule has 1 saturated heterocycles. The summed E-state index contributed by atoms with van der Waals surface area (Å²) < 4.78 is 2.06. The van der Waals surface area contributed by atoms with Gasteiger partial charge in [-0.15, -0.1) is 0 Å². The molecule has 156 valence electrons. The number of anilines is 2. The van der Waals surface area contributed by atoms with Crippen molar-refractivity contribution in [1.82, 2.24) is 24.7 Å². The van der Waals surface area contributed by atoms with Crippen molar-refractivity contribution < 1.29 is 0 Å². The highest BCUT2D eigenvalue weighted by Crippen LogP contribution is 2.48. The maximum atomic E-state index is 6.60. The van der Waals surface area contributed by atoms with Gasteiger partial charge < -0.3 is 16.4 Å². The number of nitrogens with two attached hydrogens (primary N) is 2. The van der Waals surface area contributed by atoms with Crippen LogP contribution in [0, 0.1) is 12.3 Å². The van der Waals surface area contributed by atoms with Crippen molar-refractivity contribution in [2.75, 3.05) is 23.7 Å². The number of hydrogen-bond donors (Lipinski definition) is 2. The van der Waals surface area contributed by atoms with E-state index in [0.29, 0.717) is 10.8 Å². The van der Waals surface area contributed by atoms with Gasteiger partial charge in [-0.2, -0.15) is 5.10 Å². The number of aromatic nitrogens is 5. The number of halogens is 1. The van der Waals surface area contributed by atoms with Crippen LogP contribution < -0.4 is 16.4 Å². The molecule has 5 rings (SSSR count). The fourth-order valence-electron chi connectivity index (χ4n) is 4.53. The quantitative estimate of drug-likeness (QED) is 0.636. The highest BCUT2D eigenvalue weighted by Gasteiger charge is 2.47. The minimum Gasteiger partial charge on any atom is -0.382 e. The number of rotatable bonds is 3. The molecule has 4 N–H and O–H groups in total. The number of aryl methyl sites for hydroxylation is 1. The van der Waals surface area contributed by atoms with Gasteiger partial charge in [-0.05, 0) is 31.9 Å². The van der Waals surface area contributed by atoms with Crippen molar-refractivity contribution in [2.24, 2.45) is 11.1 Å². The van der Waals surface area contributed by atoms with Crippen LogP contribution in [-0.2, 0) is 6.54 Å². The van der Waals surface area contributed by atoms with Crippen LogP contribution in [0.25, 0.3) is 0 Å². The Kier molecular flexibility index (Phi) is 4.83. The first-order valence-corrected chi connectivity index (χ1v) is 11.1. The summed E-state index contributed by atoms with van der Waals surface area (Å²) in [7, 11) is 0.